The van der Waals surface area contributed by atoms with Gasteiger partial charge in [0.25, 0.3) is 7.14 Å². The molecular formula is C20H21N2O2P. The van der Waals surface area contributed by atoms with Crippen LogP contribution in [0.5, 0.6) is 0 Å². The van der Waals surface area contributed by atoms with Gasteiger partial charge in [-0.15, -0.1) is 0 Å². The van der Waals surface area contributed by atoms with Crippen LogP contribution in [0.3, 0.4) is 0 Å². The van der Waals surface area contributed by atoms with Crippen molar-refractivity contribution in [2.45, 2.75) is 26.7 Å². The van der Waals surface area contributed by atoms with E-state index >= 15 is 0 Å². The summed E-state index contributed by atoms with van der Waals surface area (Å²) in [5.41, 5.74) is 10.4. The normalized spacial score (nSPS) is 10.6. The fourth-order valence-corrected chi connectivity index (χ4v) is 5.13. The van der Waals surface area contributed by atoms with Crippen LogP contribution >= 0.6 is 7.14 Å². The number of carbonyl (C=O) groups excluding carboxylic acids is 1. The molecule has 0 heterocycles. The smallest absolute Gasteiger partial charge is 0.360 e. The van der Waals surface area contributed by atoms with Crippen LogP contribution in [0, 0.1) is 0 Å². The molecular weight excluding hydrogens is 331 g/mol. The molecule has 4 nitrogen and oxygen atoms in total. The fraction of sp³-hybridized carbons (Fsp3) is 0.200. The van der Waals surface area contributed by atoms with E-state index in [1.54, 1.807) is 48.5 Å². The van der Waals surface area contributed by atoms with Crippen LogP contribution < -0.4 is 10.6 Å². The second-order valence-corrected chi connectivity index (χ2v) is 8.62. The van der Waals surface area contributed by atoms with E-state index in [2.05, 4.69) is 4.79 Å². The van der Waals surface area contributed by atoms with Crippen molar-refractivity contribution in [2.24, 2.45) is 0 Å². The Morgan fingerprint density at radius 2 is 1.48 bits per heavy atom. The third-order valence-corrected chi connectivity index (χ3v) is 6.79. The van der Waals surface area contributed by atoms with Crippen LogP contribution in [0.1, 0.15) is 26.7 Å². The zero-order valence-electron chi connectivity index (χ0n) is 14.4. The monoisotopic (exact) mass is 352 g/mol. The summed E-state index contributed by atoms with van der Waals surface area (Å²) in [6.45, 7) is 3.90. The topological polar surface area (TPSA) is 70.5 Å². The van der Waals surface area contributed by atoms with Crippen molar-refractivity contribution in [3.63, 3.8) is 0 Å². The zero-order chi connectivity index (χ0) is 18.3. The van der Waals surface area contributed by atoms with Gasteiger partial charge >= 0.3 is 5.45 Å². The van der Waals surface area contributed by atoms with Crippen LogP contribution in [0.2, 0.25) is 0 Å². The predicted octanol–water partition coefficient (Wildman–Crippen LogP) is 3.94. The van der Waals surface area contributed by atoms with Crippen molar-refractivity contribution in [3.8, 4) is 0 Å². The van der Waals surface area contributed by atoms with E-state index in [-0.39, 0.29) is 11.9 Å². The number of hydrogen-bond donors (Lipinski definition) is 0. The molecule has 0 atom stereocenters. The maximum Gasteiger partial charge on any atom is 0.397 e. The summed E-state index contributed by atoms with van der Waals surface area (Å²) in [5.74, 6) is -0.406. The number of ketones is 1. The Kier molecular flexibility index (Phi) is 6.41. The molecule has 0 saturated heterocycles. The number of carbonyl (C=O) groups is 1. The van der Waals surface area contributed by atoms with Crippen LogP contribution in [-0.2, 0) is 9.36 Å². The van der Waals surface area contributed by atoms with Crippen LogP contribution in [0.25, 0.3) is 5.53 Å². The summed E-state index contributed by atoms with van der Waals surface area (Å²) in [6.07, 6.45) is 2.60. The van der Waals surface area contributed by atoms with Gasteiger partial charge in [-0.25, -0.2) is 0 Å². The molecule has 0 unspecified atom stereocenters. The lowest BCUT2D eigenvalue weighted by Gasteiger charge is -2.14. The summed E-state index contributed by atoms with van der Waals surface area (Å²) in [6, 6.07) is 17.4. The lowest BCUT2D eigenvalue weighted by Crippen LogP contribution is -2.28. The number of hydrogen-bond acceptors (Lipinski definition) is 2. The molecule has 0 saturated carbocycles. The van der Waals surface area contributed by atoms with Gasteiger partial charge in [0, 0.05) is 17.0 Å². The van der Waals surface area contributed by atoms with E-state index in [0.717, 1.165) is 5.57 Å². The molecule has 2 aromatic rings. The average molecular weight is 352 g/mol. The molecule has 0 N–H and O–H groups in total. The Labute approximate surface area is 148 Å². The Bertz CT molecular complexity index is 820. The molecule has 0 amide bonds. The molecule has 0 aliphatic carbocycles. The second kappa shape index (κ2) is 8.53. The lowest BCUT2D eigenvalue weighted by molar-refractivity contribution is -0.116. The van der Waals surface area contributed by atoms with Crippen molar-refractivity contribution >= 4 is 29.0 Å². The molecule has 2 aromatic carbocycles. The zero-order valence-corrected chi connectivity index (χ0v) is 15.3. The van der Waals surface area contributed by atoms with Gasteiger partial charge < -0.3 is 10.1 Å². The van der Waals surface area contributed by atoms with Crippen LogP contribution in [-0.4, -0.2) is 16.0 Å². The van der Waals surface area contributed by atoms with Crippen LogP contribution in [0.4, 0.5) is 0 Å². The Balaban J connectivity index is 2.52. The van der Waals surface area contributed by atoms with Gasteiger partial charge in [0.2, 0.25) is 5.78 Å². The Morgan fingerprint density at radius 1 is 1.00 bits per heavy atom. The van der Waals surface area contributed by atoms with Gasteiger partial charge in [0.05, 0.1) is 0 Å². The first-order valence-corrected chi connectivity index (χ1v) is 9.81. The third-order valence-electron chi connectivity index (χ3n) is 3.81. The highest BCUT2D eigenvalue weighted by atomic mass is 31.2. The molecule has 0 aliphatic heterocycles. The van der Waals surface area contributed by atoms with Crippen molar-refractivity contribution in [1.82, 2.24) is 0 Å². The van der Waals surface area contributed by atoms with Gasteiger partial charge in [0.1, 0.15) is 0 Å². The lowest BCUT2D eigenvalue weighted by atomic mass is 10.2. The minimum Gasteiger partial charge on any atom is -0.360 e. The molecule has 128 valence electrons. The molecule has 0 spiro atoms. The number of allylic oxidation sites excluding steroid dienone is 2. The molecule has 0 fully saturated rings. The van der Waals surface area contributed by atoms with Crippen molar-refractivity contribution in [2.75, 3.05) is 0 Å². The van der Waals surface area contributed by atoms with Gasteiger partial charge in [-0.2, -0.15) is 4.79 Å². The predicted molar refractivity (Wildman–Crippen MR) is 102 cm³/mol. The second-order valence-electron chi connectivity index (χ2n) is 5.95. The number of benzene rings is 2. The molecule has 0 aromatic heterocycles. The Hall–Kier alpha value is -2.54. The maximum absolute atomic E-state index is 14.0. The van der Waals surface area contributed by atoms with Crippen LogP contribution in [0.15, 0.2) is 72.3 Å². The quantitative estimate of drug-likeness (QED) is 0.249. The fourth-order valence-electron chi connectivity index (χ4n) is 2.57. The minimum atomic E-state index is -3.52. The van der Waals surface area contributed by atoms with E-state index in [1.165, 1.54) is 0 Å². The number of rotatable bonds is 7. The largest absolute Gasteiger partial charge is 0.397 e. The van der Waals surface area contributed by atoms with Crippen molar-refractivity contribution in [3.05, 3.63) is 77.8 Å². The van der Waals surface area contributed by atoms with E-state index in [4.69, 9.17) is 0 Å². The molecule has 0 bridgehead atoms. The molecule has 0 aliphatic rings. The summed E-state index contributed by atoms with van der Waals surface area (Å²) in [7, 11) is -3.52. The molecule has 2 rings (SSSR count). The SMILES string of the molecule is CC(C)=CCCC(=O)C(=[N+]=[N-])P(=O)(c1ccccc1)c1ccccc1. The average Bonchev–Trinajstić information content (AvgIpc) is 2.63. The first-order chi connectivity index (χ1) is 12.0. The molecule has 25 heavy (non-hydrogen) atoms. The van der Waals surface area contributed by atoms with E-state index < -0.39 is 12.9 Å². The van der Waals surface area contributed by atoms with Gasteiger partial charge in [-0.3, -0.25) is 4.79 Å². The van der Waals surface area contributed by atoms with E-state index in [0.29, 0.717) is 17.0 Å². The highest BCUT2D eigenvalue weighted by Gasteiger charge is 2.44. The van der Waals surface area contributed by atoms with Gasteiger partial charge in [-0.1, -0.05) is 72.3 Å². The molecule has 5 heteroatoms. The summed E-state index contributed by atoms with van der Waals surface area (Å²) < 4.78 is 14.0. The van der Waals surface area contributed by atoms with Gasteiger partial charge in [-0.05, 0) is 20.3 Å². The Morgan fingerprint density at radius 3 is 1.88 bits per heavy atom. The first kappa shape index (κ1) is 18.8. The summed E-state index contributed by atoms with van der Waals surface area (Å²) in [4.78, 5) is 15.9. The standard InChI is InChI=1S/C20H21N2O2P/c1-16(2)10-9-15-19(23)20(22-21)25(24,17-11-5-3-6-12-17)18-13-7-4-8-14-18/h3-8,10-14H,9,15H2,1-2H3. The van der Waals surface area contributed by atoms with Gasteiger partial charge in [0.15, 0.2) is 0 Å². The number of nitrogens with zero attached hydrogens (tertiary/aromatic N) is 2. The third kappa shape index (κ3) is 4.30. The highest BCUT2D eigenvalue weighted by molar-refractivity contribution is 7.95. The van der Waals surface area contributed by atoms with Crippen molar-refractivity contribution in [1.29, 1.82) is 0 Å². The maximum atomic E-state index is 14.0. The summed E-state index contributed by atoms with van der Waals surface area (Å²) in [5, 5.41) is 0.953. The highest BCUT2D eigenvalue weighted by Crippen LogP contribution is 2.44. The minimum absolute atomic E-state index is 0.147. The van der Waals surface area contributed by atoms with E-state index in [1.807, 2.05) is 32.1 Å². The first-order valence-electron chi connectivity index (χ1n) is 8.10. The van der Waals surface area contributed by atoms with Crippen molar-refractivity contribution < 1.29 is 14.1 Å². The summed E-state index contributed by atoms with van der Waals surface area (Å²) >= 11 is 0. The van der Waals surface area contributed by atoms with E-state index in [9.17, 15) is 14.9 Å². The number of Topliss-reactive ketones (excluding diaryl/α,β-unsaturated/α-hetero) is 1. The molecule has 0 radical (unpaired) electrons.